The summed E-state index contributed by atoms with van der Waals surface area (Å²) in [5.74, 6) is -0.205. The molecule has 0 saturated heterocycles. The number of aromatic nitrogens is 3. The van der Waals surface area contributed by atoms with Crippen LogP contribution in [0.3, 0.4) is 0 Å². The summed E-state index contributed by atoms with van der Waals surface area (Å²) in [7, 11) is 4.01. The smallest absolute Gasteiger partial charge is 0.222 e. The summed E-state index contributed by atoms with van der Waals surface area (Å²) < 4.78 is 14.6. The summed E-state index contributed by atoms with van der Waals surface area (Å²) in [4.78, 5) is 15.9. The predicted molar refractivity (Wildman–Crippen MR) is 140 cm³/mol. The minimum Gasteiger partial charge on any atom is -0.378 e. The van der Waals surface area contributed by atoms with Crippen molar-refractivity contribution in [1.29, 1.82) is 0 Å². The normalized spacial score (nSPS) is 11.1. The summed E-state index contributed by atoms with van der Waals surface area (Å²) in [6, 6.07) is 24.5. The first-order chi connectivity index (χ1) is 16.4. The van der Waals surface area contributed by atoms with Gasteiger partial charge in [0.05, 0.1) is 16.8 Å². The second kappa shape index (κ2) is 8.83. The molecule has 168 valence electrons. The van der Waals surface area contributed by atoms with Gasteiger partial charge in [0.2, 0.25) is 5.95 Å². The third kappa shape index (κ3) is 4.22. The lowest BCUT2D eigenvalue weighted by molar-refractivity contribution is 0.628. The number of nitrogen functional groups attached to an aromatic ring is 1. The van der Waals surface area contributed by atoms with E-state index in [2.05, 4.69) is 38.0 Å². The molecule has 2 N–H and O–H groups in total. The van der Waals surface area contributed by atoms with E-state index in [-0.39, 0.29) is 11.8 Å². The number of benzene rings is 3. The molecule has 0 bridgehead atoms. The molecule has 0 aliphatic carbocycles. The Balaban J connectivity index is 1.82. The van der Waals surface area contributed by atoms with Gasteiger partial charge < -0.3 is 10.6 Å². The topological polar surface area (TPSA) is 67.9 Å². The van der Waals surface area contributed by atoms with Crippen LogP contribution in [-0.4, -0.2) is 29.0 Å². The van der Waals surface area contributed by atoms with E-state index in [1.54, 1.807) is 12.1 Å². The molecular formula is C27H21BrFN5. The van der Waals surface area contributed by atoms with Gasteiger partial charge in [-0.05, 0) is 65.7 Å². The number of halogens is 2. The van der Waals surface area contributed by atoms with Crippen molar-refractivity contribution in [3.8, 4) is 33.6 Å². The van der Waals surface area contributed by atoms with Gasteiger partial charge in [0, 0.05) is 35.4 Å². The maximum atomic E-state index is 13.6. The zero-order chi connectivity index (χ0) is 23.8. The summed E-state index contributed by atoms with van der Waals surface area (Å²) in [6.07, 6.45) is 0. The highest BCUT2D eigenvalue weighted by molar-refractivity contribution is 9.10. The van der Waals surface area contributed by atoms with Crippen LogP contribution in [0.1, 0.15) is 0 Å². The van der Waals surface area contributed by atoms with Crippen LogP contribution < -0.4 is 10.6 Å². The molecule has 0 atom stereocenters. The lowest BCUT2D eigenvalue weighted by Crippen LogP contribution is -2.08. The van der Waals surface area contributed by atoms with E-state index in [0.717, 1.165) is 43.5 Å². The third-order valence-corrected chi connectivity index (χ3v) is 6.11. The monoisotopic (exact) mass is 513 g/mol. The van der Waals surface area contributed by atoms with Crippen molar-refractivity contribution in [2.24, 2.45) is 0 Å². The summed E-state index contributed by atoms with van der Waals surface area (Å²) in [6.45, 7) is 0. The number of fused-ring (bicyclic) bond motifs is 1. The predicted octanol–water partition coefficient (Wildman–Crippen LogP) is 6.58. The van der Waals surface area contributed by atoms with Gasteiger partial charge in [-0.2, -0.15) is 4.98 Å². The van der Waals surface area contributed by atoms with E-state index in [9.17, 15) is 4.39 Å². The highest BCUT2D eigenvalue weighted by atomic mass is 79.9. The highest BCUT2D eigenvalue weighted by Gasteiger charge is 2.18. The number of hydrogen-bond donors (Lipinski definition) is 1. The molecule has 5 aromatic rings. The maximum absolute atomic E-state index is 13.6. The molecule has 5 nitrogen and oxygen atoms in total. The fourth-order valence-corrected chi connectivity index (χ4v) is 4.33. The van der Waals surface area contributed by atoms with Gasteiger partial charge in [-0.1, -0.05) is 40.2 Å². The van der Waals surface area contributed by atoms with Crippen molar-refractivity contribution in [2.75, 3.05) is 24.7 Å². The quantitative estimate of drug-likeness (QED) is 0.294. The number of anilines is 2. The average molecular weight is 514 g/mol. The van der Waals surface area contributed by atoms with E-state index < -0.39 is 0 Å². The van der Waals surface area contributed by atoms with Crippen LogP contribution in [-0.2, 0) is 0 Å². The van der Waals surface area contributed by atoms with Crippen LogP contribution in [0.2, 0.25) is 0 Å². The van der Waals surface area contributed by atoms with E-state index >= 15 is 0 Å². The molecule has 0 unspecified atom stereocenters. The average Bonchev–Trinajstić information content (AvgIpc) is 2.83. The van der Waals surface area contributed by atoms with Crippen molar-refractivity contribution >= 4 is 38.6 Å². The van der Waals surface area contributed by atoms with Crippen LogP contribution in [0.15, 0.2) is 83.3 Å². The Morgan fingerprint density at radius 1 is 0.794 bits per heavy atom. The van der Waals surface area contributed by atoms with Crippen molar-refractivity contribution in [2.45, 2.75) is 0 Å². The molecule has 3 aromatic carbocycles. The van der Waals surface area contributed by atoms with Crippen molar-refractivity contribution < 1.29 is 4.39 Å². The van der Waals surface area contributed by atoms with Crippen molar-refractivity contribution in [3.05, 3.63) is 89.2 Å². The Bertz CT molecular complexity index is 1500. The van der Waals surface area contributed by atoms with E-state index in [4.69, 9.17) is 10.7 Å². The third-order valence-electron chi connectivity index (χ3n) is 5.62. The zero-order valence-electron chi connectivity index (χ0n) is 18.6. The zero-order valence-corrected chi connectivity index (χ0v) is 20.2. The lowest BCUT2D eigenvalue weighted by Gasteiger charge is -2.15. The molecular weight excluding hydrogens is 493 g/mol. The van der Waals surface area contributed by atoms with Gasteiger partial charge in [0.1, 0.15) is 5.82 Å². The van der Waals surface area contributed by atoms with E-state index in [1.165, 1.54) is 12.1 Å². The van der Waals surface area contributed by atoms with Gasteiger partial charge in [-0.3, -0.25) is 0 Å². The Labute approximate surface area is 205 Å². The summed E-state index contributed by atoms with van der Waals surface area (Å²) >= 11 is 3.58. The lowest BCUT2D eigenvalue weighted by atomic mass is 9.96. The molecule has 0 spiro atoms. The molecule has 34 heavy (non-hydrogen) atoms. The Kier molecular flexibility index (Phi) is 5.71. The summed E-state index contributed by atoms with van der Waals surface area (Å²) in [5, 5.41) is 0.757. The Hall–Kier alpha value is -3.84. The van der Waals surface area contributed by atoms with Gasteiger partial charge in [0.25, 0.3) is 0 Å². The van der Waals surface area contributed by atoms with Crippen LogP contribution >= 0.6 is 15.9 Å². The van der Waals surface area contributed by atoms with Crippen molar-refractivity contribution in [3.63, 3.8) is 0 Å². The maximum Gasteiger partial charge on any atom is 0.222 e. The minimum absolute atomic E-state index is 0.111. The second-order valence-electron chi connectivity index (χ2n) is 8.14. The second-order valence-corrected chi connectivity index (χ2v) is 9.06. The van der Waals surface area contributed by atoms with Crippen LogP contribution in [0.4, 0.5) is 16.0 Å². The van der Waals surface area contributed by atoms with Crippen LogP contribution in [0.25, 0.3) is 44.7 Å². The van der Waals surface area contributed by atoms with Gasteiger partial charge in [0.15, 0.2) is 5.65 Å². The molecule has 0 radical (unpaired) electrons. The van der Waals surface area contributed by atoms with Gasteiger partial charge in [-0.15, -0.1) is 0 Å². The van der Waals surface area contributed by atoms with Crippen LogP contribution in [0, 0.1) is 5.82 Å². The molecule has 0 aliphatic rings. The standard InChI is InChI=1S/C27H21BrFN5/c1-34(2)21-12-8-16(9-13-21)23-15-22(18-4-3-5-19(28)14-18)24-25(17-6-10-20(29)11-7-17)32-27(30)33-26(24)31-23/h3-15H,1-2H3,(H2,30,31,32,33). The van der Waals surface area contributed by atoms with Crippen molar-refractivity contribution in [1.82, 2.24) is 15.0 Å². The Morgan fingerprint density at radius 3 is 2.18 bits per heavy atom. The SMILES string of the molecule is CN(C)c1ccc(-c2cc(-c3cccc(Br)c3)c3c(-c4ccc(F)cc4)nc(N)nc3n2)cc1. The number of nitrogens with zero attached hydrogens (tertiary/aromatic N) is 4. The fraction of sp³-hybridized carbons (Fsp3) is 0.0741. The fourth-order valence-electron chi connectivity index (χ4n) is 3.93. The first-order valence-corrected chi connectivity index (χ1v) is 11.5. The largest absolute Gasteiger partial charge is 0.378 e. The molecule has 0 fully saturated rings. The minimum atomic E-state index is -0.316. The Morgan fingerprint density at radius 2 is 1.50 bits per heavy atom. The first kappa shape index (κ1) is 22.0. The number of nitrogens with two attached hydrogens (primary N) is 1. The van der Waals surface area contributed by atoms with Crippen LogP contribution in [0.5, 0.6) is 0 Å². The summed E-state index contributed by atoms with van der Waals surface area (Å²) in [5.41, 5.74) is 12.7. The number of rotatable bonds is 4. The number of pyridine rings is 1. The van der Waals surface area contributed by atoms with E-state index in [0.29, 0.717) is 11.3 Å². The highest BCUT2D eigenvalue weighted by Crippen LogP contribution is 2.38. The van der Waals surface area contributed by atoms with Gasteiger partial charge >= 0.3 is 0 Å². The molecule has 2 aromatic heterocycles. The van der Waals surface area contributed by atoms with Gasteiger partial charge in [-0.25, -0.2) is 14.4 Å². The molecule has 0 amide bonds. The first-order valence-electron chi connectivity index (χ1n) is 10.7. The molecule has 5 rings (SSSR count). The molecule has 2 heterocycles. The number of hydrogen-bond acceptors (Lipinski definition) is 5. The molecule has 0 aliphatic heterocycles. The van der Waals surface area contributed by atoms with E-state index in [1.807, 2.05) is 61.5 Å². The molecule has 7 heteroatoms. The molecule has 0 saturated carbocycles.